The molecule has 0 spiro atoms. The van der Waals surface area contributed by atoms with Crippen LogP contribution in [0, 0.1) is 18.6 Å². The van der Waals surface area contributed by atoms with Crippen LogP contribution in [0.5, 0.6) is 0 Å². The van der Waals surface area contributed by atoms with Crippen molar-refractivity contribution in [1.29, 1.82) is 0 Å². The summed E-state index contributed by atoms with van der Waals surface area (Å²) in [7, 11) is 0. The molecule has 10 heteroatoms. The molecule has 0 fully saturated rings. The predicted molar refractivity (Wildman–Crippen MR) is 116 cm³/mol. The lowest BCUT2D eigenvalue weighted by Crippen LogP contribution is -2.19. The summed E-state index contributed by atoms with van der Waals surface area (Å²) in [6.07, 6.45) is -0.228. The topological polar surface area (TPSA) is 121 Å². The van der Waals surface area contributed by atoms with E-state index in [-0.39, 0.29) is 6.42 Å². The van der Waals surface area contributed by atoms with E-state index < -0.39 is 36.2 Å². The van der Waals surface area contributed by atoms with Crippen molar-refractivity contribution in [2.24, 2.45) is 0 Å². The summed E-state index contributed by atoms with van der Waals surface area (Å²) in [5, 5.41) is 40.5. The lowest BCUT2D eigenvalue weighted by molar-refractivity contribution is -0.139. The number of aliphatic carboxylic acids is 1. The molecular formula is C23H22F2N4O4. The van der Waals surface area contributed by atoms with E-state index in [0.717, 1.165) is 0 Å². The molecule has 8 nitrogen and oxygen atoms in total. The van der Waals surface area contributed by atoms with Gasteiger partial charge in [-0.05, 0) is 58.8 Å². The molecule has 2 atom stereocenters. The van der Waals surface area contributed by atoms with E-state index in [4.69, 9.17) is 5.11 Å². The van der Waals surface area contributed by atoms with Crippen LogP contribution < -0.4 is 0 Å². The van der Waals surface area contributed by atoms with Crippen LogP contribution >= 0.6 is 0 Å². The minimum absolute atomic E-state index is 0.201. The lowest BCUT2D eigenvalue weighted by Gasteiger charge is -2.16. The van der Waals surface area contributed by atoms with Crippen LogP contribution in [0.1, 0.15) is 29.8 Å². The van der Waals surface area contributed by atoms with Crippen LogP contribution in [-0.4, -0.2) is 53.7 Å². The van der Waals surface area contributed by atoms with E-state index in [9.17, 15) is 23.8 Å². The van der Waals surface area contributed by atoms with E-state index in [0.29, 0.717) is 28.2 Å². The number of carboxylic acid groups (broad SMARTS) is 1. The molecular weight excluding hydrogens is 434 g/mol. The highest BCUT2D eigenvalue weighted by atomic mass is 19.1. The molecule has 1 heterocycles. The number of hydrogen-bond donors (Lipinski definition) is 3. The molecule has 172 valence electrons. The van der Waals surface area contributed by atoms with Gasteiger partial charge in [0.25, 0.3) is 0 Å². The molecule has 0 aliphatic carbocycles. The summed E-state index contributed by atoms with van der Waals surface area (Å²) in [6, 6.07) is 11.3. The van der Waals surface area contributed by atoms with Gasteiger partial charge in [-0.15, -0.1) is 5.10 Å². The first-order valence-corrected chi connectivity index (χ1v) is 10.0. The Kier molecular flexibility index (Phi) is 7.75. The molecule has 33 heavy (non-hydrogen) atoms. The van der Waals surface area contributed by atoms with Gasteiger partial charge >= 0.3 is 5.97 Å². The van der Waals surface area contributed by atoms with Crippen molar-refractivity contribution in [3.05, 3.63) is 89.3 Å². The zero-order chi connectivity index (χ0) is 24.0. The number of aryl methyl sites for hydroxylation is 1. The number of benzene rings is 2. The minimum Gasteiger partial charge on any atom is -0.481 e. The fraction of sp³-hybridized carbons (Fsp3) is 0.217. The van der Waals surface area contributed by atoms with Crippen molar-refractivity contribution in [2.45, 2.75) is 32.0 Å². The van der Waals surface area contributed by atoms with Crippen LogP contribution in [0.2, 0.25) is 0 Å². The number of tetrazole rings is 1. The van der Waals surface area contributed by atoms with E-state index in [1.165, 1.54) is 41.1 Å². The highest BCUT2D eigenvalue weighted by molar-refractivity contribution is 5.96. The number of hydrogen-bond acceptors (Lipinski definition) is 6. The van der Waals surface area contributed by atoms with Gasteiger partial charge in [0, 0.05) is 12.0 Å². The van der Waals surface area contributed by atoms with Gasteiger partial charge in [-0.1, -0.05) is 30.3 Å². The van der Waals surface area contributed by atoms with Gasteiger partial charge in [-0.25, -0.2) is 8.78 Å². The molecule has 2 aromatic carbocycles. The Morgan fingerprint density at radius 2 is 1.58 bits per heavy atom. The average molecular weight is 456 g/mol. The molecule has 1 aromatic heterocycles. The summed E-state index contributed by atoms with van der Waals surface area (Å²) in [4.78, 5) is 10.8. The second-order valence-electron chi connectivity index (χ2n) is 7.33. The van der Waals surface area contributed by atoms with Gasteiger partial charge < -0.3 is 15.3 Å². The summed E-state index contributed by atoms with van der Waals surface area (Å²) in [5.41, 5.74) is 2.08. The number of aromatic nitrogens is 4. The monoisotopic (exact) mass is 456 g/mol. The summed E-state index contributed by atoms with van der Waals surface area (Å²) in [5.74, 6) is -1.64. The molecule has 0 amide bonds. The number of rotatable bonds is 9. The van der Waals surface area contributed by atoms with Crippen LogP contribution in [0.15, 0.2) is 60.7 Å². The Morgan fingerprint density at radius 3 is 2.03 bits per heavy atom. The van der Waals surface area contributed by atoms with Crippen molar-refractivity contribution in [1.82, 2.24) is 20.2 Å². The molecule has 0 saturated heterocycles. The van der Waals surface area contributed by atoms with Crippen molar-refractivity contribution in [3.8, 4) is 0 Å². The van der Waals surface area contributed by atoms with Gasteiger partial charge in [0.1, 0.15) is 11.6 Å². The zero-order valence-corrected chi connectivity index (χ0v) is 17.6. The molecule has 0 saturated carbocycles. The van der Waals surface area contributed by atoms with E-state index in [2.05, 4.69) is 15.5 Å². The third-order valence-corrected chi connectivity index (χ3v) is 4.78. The van der Waals surface area contributed by atoms with Gasteiger partial charge in [0.15, 0.2) is 5.82 Å². The second-order valence-corrected chi connectivity index (χ2v) is 7.33. The minimum atomic E-state index is -1.24. The maximum absolute atomic E-state index is 13.6. The summed E-state index contributed by atoms with van der Waals surface area (Å²) < 4.78 is 28.6. The maximum atomic E-state index is 13.6. The van der Waals surface area contributed by atoms with Crippen molar-refractivity contribution < 1.29 is 28.9 Å². The molecule has 0 radical (unpaired) electrons. The lowest BCUT2D eigenvalue weighted by atomic mass is 9.95. The smallest absolute Gasteiger partial charge is 0.305 e. The molecule has 2 unspecified atom stereocenters. The molecule has 0 aliphatic rings. The molecule has 3 N–H and O–H groups in total. The third-order valence-electron chi connectivity index (χ3n) is 4.78. The summed E-state index contributed by atoms with van der Waals surface area (Å²) in [6.45, 7) is 1.66. The third kappa shape index (κ3) is 6.37. The largest absolute Gasteiger partial charge is 0.481 e. The number of aliphatic hydroxyl groups excluding tert-OH is 2. The van der Waals surface area contributed by atoms with Gasteiger partial charge in [0.05, 0.1) is 24.3 Å². The second kappa shape index (κ2) is 10.7. The van der Waals surface area contributed by atoms with Crippen LogP contribution in [0.25, 0.3) is 11.3 Å². The maximum Gasteiger partial charge on any atom is 0.305 e. The first-order valence-electron chi connectivity index (χ1n) is 10.0. The Morgan fingerprint density at radius 1 is 1.03 bits per heavy atom. The fourth-order valence-corrected chi connectivity index (χ4v) is 3.25. The number of nitrogens with zero attached hydrogens (tertiary/aromatic N) is 4. The van der Waals surface area contributed by atoms with Crippen molar-refractivity contribution >= 4 is 17.2 Å². The normalized spacial score (nSPS) is 13.1. The number of allylic oxidation sites excluding steroid dienone is 2. The van der Waals surface area contributed by atoms with Gasteiger partial charge in [-0.2, -0.15) is 4.68 Å². The average Bonchev–Trinajstić information content (AvgIpc) is 3.18. The van der Waals surface area contributed by atoms with E-state index >= 15 is 0 Å². The Bertz CT molecular complexity index is 1110. The van der Waals surface area contributed by atoms with E-state index in [1.807, 2.05) is 0 Å². The predicted octanol–water partition coefficient (Wildman–Crippen LogP) is 2.82. The van der Waals surface area contributed by atoms with E-state index in [1.54, 1.807) is 31.2 Å². The highest BCUT2D eigenvalue weighted by Gasteiger charge is 2.18. The van der Waals surface area contributed by atoms with Gasteiger partial charge in [0.2, 0.25) is 0 Å². The molecule has 0 bridgehead atoms. The van der Waals surface area contributed by atoms with Crippen molar-refractivity contribution in [3.63, 3.8) is 0 Å². The highest BCUT2D eigenvalue weighted by Crippen LogP contribution is 2.31. The SMILES string of the molecule is Cc1nnnn1C(/C=C/C(O)CC(O)CC(=O)O)=C(c1ccc(F)cc1)c1ccc(F)cc1. The summed E-state index contributed by atoms with van der Waals surface area (Å²) >= 11 is 0. The number of halogens is 2. The van der Waals surface area contributed by atoms with Gasteiger partial charge in [-0.3, -0.25) is 4.79 Å². The fourth-order valence-electron chi connectivity index (χ4n) is 3.25. The number of carboxylic acids is 1. The Hall–Kier alpha value is -3.76. The Balaban J connectivity index is 2.13. The zero-order valence-electron chi connectivity index (χ0n) is 17.6. The van der Waals surface area contributed by atoms with Crippen molar-refractivity contribution in [2.75, 3.05) is 0 Å². The number of aliphatic hydroxyl groups is 2. The molecule has 3 rings (SSSR count). The first kappa shape index (κ1) is 23.9. The standard InChI is InChI=1S/C23H22F2N4O4/c1-14-26-27-28-29(14)21(11-10-19(30)12-20(31)13-22(32)33)23(15-2-6-17(24)7-3-15)16-4-8-18(25)9-5-16/h2-11,19-20,30-31H,12-13H2,1H3,(H,32,33)/b11-10+. The Labute approximate surface area is 188 Å². The van der Waals surface area contributed by atoms with Crippen LogP contribution in [-0.2, 0) is 4.79 Å². The number of carbonyl (C=O) groups is 1. The first-order chi connectivity index (χ1) is 15.7. The molecule has 3 aromatic rings. The quantitative estimate of drug-likeness (QED) is 0.423. The van der Waals surface area contributed by atoms with Crippen LogP contribution in [0.3, 0.4) is 0 Å². The van der Waals surface area contributed by atoms with Crippen LogP contribution in [0.4, 0.5) is 8.78 Å². The molecule has 0 aliphatic heterocycles.